The van der Waals surface area contributed by atoms with Crippen LogP contribution in [0.5, 0.6) is 0 Å². The summed E-state index contributed by atoms with van der Waals surface area (Å²) in [4.78, 5) is 25.0. The topological polar surface area (TPSA) is 165 Å². The van der Waals surface area contributed by atoms with Crippen LogP contribution in [0, 0.1) is 0 Å². The van der Waals surface area contributed by atoms with Crippen LogP contribution in [0.25, 0.3) is 0 Å². The van der Waals surface area contributed by atoms with Crippen LogP contribution in [-0.2, 0) is 9.36 Å². The number of carbonyl (C=O) groups is 1. The highest BCUT2D eigenvalue weighted by molar-refractivity contribution is 7.33. The second-order valence-corrected chi connectivity index (χ2v) is 3.78. The lowest BCUT2D eigenvalue weighted by molar-refractivity contribution is -0.182. The summed E-state index contributed by atoms with van der Waals surface area (Å²) >= 11 is 0. The van der Waals surface area contributed by atoms with E-state index in [1.807, 2.05) is 0 Å². The molecule has 10 heteroatoms. The number of carboxylic acid groups (broad SMARTS) is 1. The number of hydrogen-bond acceptors (Lipinski definition) is 5. The fourth-order valence-electron chi connectivity index (χ4n) is 1.06. The molecule has 0 saturated heterocycles. The molecule has 0 spiro atoms. The van der Waals surface area contributed by atoms with Crippen LogP contribution in [-0.4, -0.2) is 45.6 Å². The van der Waals surface area contributed by atoms with Gasteiger partial charge in [-0.3, -0.25) is 4.79 Å². The van der Waals surface area contributed by atoms with Crippen LogP contribution in [0.4, 0.5) is 0 Å². The number of nitrogens with two attached hydrogens (primary N) is 2. The zero-order valence-electron chi connectivity index (χ0n) is 8.48. The zero-order valence-corrected chi connectivity index (χ0v) is 9.37. The summed E-state index contributed by atoms with van der Waals surface area (Å²) in [5.41, 5.74) is 10.1. The molecule has 3 unspecified atom stereocenters. The summed E-state index contributed by atoms with van der Waals surface area (Å²) in [6.07, 6.45) is -1.10. The van der Waals surface area contributed by atoms with Gasteiger partial charge in [-0.25, -0.2) is 4.99 Å². The lowest BCUT2D eigenvalue weighted by atomic mass is 10.3. The Morgan fingerprint density at radius 1 is 1.62 bits per heavy atom. The van der Waals surface area contributed by atoms with Crippen molar-refractivity contribution in [3.05, 3.63) is 0 Å². The number of guanidine groups is 1. The van der Waals surface area contributed by atoms with Crippen LogP contribution < -0.4 is 16.4 Å². The van der Waals surface area contributed by atoms with Crippen LogP contribution in [0.2, 0.25) is 0 Å². The molecule has 0 aliphatic heterocycles. The first kappa shape index (κ1) is 14.7. The van der Waals surface area contributed by atoms with E-state index in [4.69, 9.17) is 21.7 Å². The van der Waals surface area contributed by atoms with Crippen molar-refractivity contribution < 1.29 is 24.5 Å². The molecule has 0 radical (unpaired) electrons. The molecule has 6 N–H and O–H groups in total. The Kier molecular flexibility index (Phi) is 5.83. The predicted molar refractivity (Wildman–Crippen MR) is 53.2 cm³/mol. The van der Waals surface area contributed by atoms with E-state index in [-0.39, 0.29) is 5.96 Å². The fourth-order valence-corrected chi connectivity index (χ4v) is 1.78. The van der Waals surface area contributed by atoms with E-state index >= 15 is 0 Å². The third kappa shape index (κ3) is 4.07. The number of aliphatic imine (C=N–C) groups is 1. The van der Waals surface area contributed by atoms with Gasteiger partial charge in [0.2, 0.25) is 0 Å². The number of aliphatic carboxylic acids is 1. The van der Waals surface area contributed by atoms with Crippen molar-refractivity contribution in [3.8, 4) is 0 Å². The van der Waals surface area contributed by atoms with E-state index < -0.39 is 33.0 Å². The van der Waals surface area contributed by atoms with Crippen molar-refractivity contribution in [2.75, 3.05) is 6.61 Å². The molecule has 0 aromatic carbocycles. The zero-order chi connectivity index (χ0) is 12.9. The molecule has 3 atom stereocenters. The van der Waals surface area contributed by atoms with E-state index in [2.05, 4.69) is 4.99 Å². The van der Waals surface area contributed by atoms with Gasteiger partial charge in [0.1, 0.15) is 6.17 Å². The third-order valence-corrected chi connectivity index (χ3v) is 2.67. The van der Waals surface area contributed by atoms with Gasteiger partial charge in [0.05, 0.1) is 6.61 Å². The monoisotopic (exact) mass is 252 g/mol. The molecule has 0 fully saturated rings. The van der Waals surface area contributed by atoms with Gasteiger partial charge < -0.3 is 26.6 Å². The molecule has 0 aromatic heterocycles. The highest BCUT2D eigenvalue weighted by atomic mass is 31.1. The molecule has 16 heavy (non-hydrogen) atoms. The van der Waals surface area contributed by atoms with E-state index in [0.29, 0.717) is 4.67 Å². The standard InChI is InChI=1S/C6H13N4O5P/c1-3(9-6(7)8)10(16(14)15)4(2-11)5(12)13/h3-4,11H,2H2,1H3,(H,12,13)(H4,7,8,9). The van der Waals surface area contributed by atoms with Crippen molar-refractivity contribution in [2.45, 2.75) is 19.1 Å². The van der Waals surface area contributed by atoms with Crippen molar-refractivity contribution in [1.29, 1.82) is 0 Å². The lowest BCUT2D eigenvalue weighted by Gasteiger charge is -2.21. The number of rotatable bonds is 6. The Balaban J connectivity index is 5.06. The van der Waals surface area contributed by atoms with Gasteiger partial charge in [0.15, 0.2) is 12.0 Å². The van der Waals surface area contributed by atoms with Gasteiger partial charge in [0, 0.05) is 0 Å². The van der Waals surface area contributed by atoms with Crippen molar-refractivity contribution >= 4 is 20.1 Å². The Morgan fingerprint density at radius 2 is 2.12 bits per heavy atom. The molecule has 92 valence electrons. The Labute approximate surface area is 92.3 Å². The van der Waals surface area contributed by atoms with E-state index in [0.717, 1.165) is 0 Å². The minimum Gasteiger partial charge on any atom is -0.578 e. The largest absolute Gasteiger partial charge is 0.578 e. The SMILES string of the molecule is CC(N=C(N)N)N(C(CO)C(=O)O)[P+](=O)[O-]. The van der Waals surface area contributed by atoms with Gasteiger partial charge >= 0.3 is 14.1 Å². The van der Waals surface area contributed by atoms with E-state index in [1.54, 1.807) is 0 Å². The first-order chi connectivity index (χ1) is 7.31. The van der Waals surface area contributed by atoms with Crippen LogP contribution in [0.1, 0.15) is 6.92 Å². The molecular weight excluding hydrogens is 239 g/mol. The summed E-state index contributed by atoms with van der Waals surface area (Å²) in [6.45, 7) is 0.416. The second kappa shape index (κ2) is 6.33. The highest BCUT2D eigenvalue weighted by Gasteiger charge is 2.38. The van der Waals surface area contributed by atoms with Gasteiger partial charge in [-0.15, -0.1) is 0 Å². The molecule has 0 aromatic rings. The first-order valence-electron chi connectivity index (χ1n) is 4.16. The summed E-state index contributed by atoms with van der Waals surface area (Å²) < 4.78 is 11.3. The summed E-state index contributed by atoms with van der Waals surface area (Å²) in [5.74, 6) is -1.87. The third-order valence-electron chi connectivity index (χ3n) is 1.68. The molecule has 0 saturated carbocycles. The van der Waals surface area contributed by atoms with Crippen LogP contribution >= 0.6 is 8.18 Å². The summed E-state index contributed by atoms with van der Waals surface area (Å²) in [7, 11) is -3.24. The van der Waals surface area contributed by atoms with Gasteiger partial charge in [-0.05, 0) is 6.92 Å². The summed E-state index contributed by atoms with van der Waals surface area (Å²) in [5, 5.41) is 17.5. The maximum Gasteiger partial charge on any atom is 0.414 e. The lowest BCUT2D eigenvalue weighted by Crippen LogP contribution is -2.46. The summed E-state index contributed by atoms with van der Waals surface area (Å²) in [6, 6.07) is -1.61. The normalized spacial score (nSPS) is 15.4. The van der Waals surface area contributed by atoms with Gasteiger partial charge in [-0.1, -0.05) is 9.24 Å². The van der Waals surface area contributed by atoms with Crippen LogP contribution in [0.3, 0.4) is 0 Å². The molecular formula is C6H13N4O5P. The smallest absolute Gasteiger partial charge is 0.414 e. The maximum absolute atomic E-state index is 10.9. The quantitative estimate of drug-likeness (QED) is 0.226. The number of nitrogens with zero attached hydrogens (tertiary/aromatic N) is 2. The number of carboxylic acids is 1. The average Bonchev–Trinajstić information content (AvgIpc) is 2.10. The Bertz CT molecular complexity index is 305. The average molecular weight is 252 g/mol. The second-order valence-electron chi connectivity index (χ2n) is 2.84. The number of aliphatic hydroxyl groups is 1. The van der Waals surface area contributed by atoms with Gasteiger partial charge in [0.25, 0.3) is 0 Å². The minimum absolute atomic E-state index is 0.378. The predicted octanol–water partition coefficient (Wildman–Crippen LogP) is -2.63. The van der Waals surface area contributed by atoms with Crippen molar-refractivity contribution in [3.63, 3.8) is 0 Å². The molecule has 0 aliphatic rings. The van der Waals surface area contributed by atoms with Crippen LogP contribution in [0.15, 0.2) is 4.99 Å². The molecule has 0 bridgehead atoms. The Morgan fingerprint density at radius 3 is 2.38 bits per heavy atom. The van der Waals surface area contributed by atoms with E-state index in [9.17, 15) is 14.3 Å². The van der Waals surface area contributed by atoms with Crippen molar-refractivity contribution in [1.82, 2.24) is 4.67 Å². The Hall–Kier alpha value is -1.28. The van der Waals surface area contributed by atoms with Gasteiger partial charge in [-0.2, -0.15) is 0 Å². The van der Waals surface area contributed by atoms with E-state index in [1.165, 1.54) is 6.92 Å². The fraction of sp³-hybridized carbons (Fsp3) is 0.667. The number of aliphatic hydroxyl groups excluding tert-OH is 1. The number of hydrogen-bond donors (Lipinski definition) is 4. The molecule has 0 heterocycles. The molecule has 0 aliphatic carbocycles. The molecule has 9 nitrogen and oxygen atoms in total. The maximum atomic E-state index is 10.9. The molecule has 0 rings (SSSR count). The minimum atomic E-state index is -3.24. The highest BCUT2D eigenvalue weighted by Crippen LogP contribution is 2.24. The first-order valence-corrected chi connectivity index (χ1v) is 5.29. The molecule has 0 amide bonds. The van der Waals surface area contributed by atoms with Crippen molar-refractivity contribution in [2.24, 2.45) is 16.5 Å².